The Kier molecular flexibility index (Phi) is 42.7. The second-order valence-electron chi connectivity index (χ2n) is 16.7. The maximum absolute atomic E-state index is 12.8. The molecule has 2 unspecified atom stereocenters. The zero-order valence-electron chi connectivity index (χ0n) is 41.0. The fourth-order valence-corrected chi connectivity index (χ4v) is 5.73. The number of quaternary nitrogens is 1. The van der Waals surface area contributed by atoms with Gasteiger partial charge in [0.1, 0.15) is 13.2 Å². The molecule has 2 atom stereocenters. The number of nitrogens with zero attached hydrogens (tertiary/aromatic N) is 1. The largest absolute Gasteiger partial charge is 0.545 e. The number of carboxylic acid groups (broad SMARTS) is 1. The van der Waals surface area contributed by atoms with Gasteiger partial charge in [-0.2, -0.15) is 0 Å². The molecule has 0 aliphatic rings. The summed E-state index contributed by atoms with van der Waals surface area (Å²) in [5.41, 5.74) is 0. The van der Waals surface area contributed by atoms with Gasteiger partial charge < -0.3 is 33.3 Å². The summed E-state index contributed by atoms with van der Waals surface area (Å²) in [6, 6.07) is 0. The van der Waals surface area contributed by atoms with Crippen LogP contribution in [0, 0.1) is 0 Å². The first-order valence-corrected chi connectivity index (χ1v) is 24.3. The number of hydrogen-bond donors (Lipinski definition) is 0. The second-order valence-corrected chi connectivity index (χ2v) is 16.7. The number of likely N-dealkylation sites (N-methyl/N-ethyl adjacent to an activating group) is 1. The third kappa shape index (κ3) is 47.2. The predicted molar refractivity (Wildman–Crippen MR) is 269 cm³/mol. The van der Waals surface area contributed by atoms with Crippen molar-refractivity contribution < 1.29 is 42.9 Å². The summed E-state index contributed by atoms with van der Waals surface area (Å²) in [5.74, 6) is -2.49. The average molecular weight is 902 g/mol. The summed E-state index contributed by atoms with van der Waals surface area (Å²) in [5, 5.41) is 11.7. The lowest BCUT2D eigenvalue weighted by molar-refractivity contribution is -0.870. The van der Waals surface area contributed by atoms with Crippen molar-refractivity contribution in [2.45, 2.75) is 155 Å². The number of carbonyl (C=O) groups excluding carboxylic acids is 3. The monoisotopic (exact) mass is 902 g/mol. The maximum atomic E-state index is 12.8. The molecule has 0 aromatic rings. The van der Waals surface area contributed by atoms with E-state index in [1.54, 1.807) is 6.08 Å². The Hall–Kier alpha value is -4.57. The SMILES string of the molecule is CC/C=C\C/C=C\C/C=C\C/C=C\C/C=C\C/C=C\CCCCCCCCC(=O)OC(COC(=O)C/C=C\C/C=C\C/C=C\C/C=C\C/C=C\CC)COC(OCC[N+](C)(C)C)C(=O)[O-]. The van der Waals surface area contributed by atoms with Crippen molar-refractivity contribution >= 4 is 17.9 Å². The highest BCUT2D eigenvalue weighted by Gasteiger charge is 2.21. The smallest absolute Gasteiger partial charge is 0.309 e. The molecule has 0 aliphatic carbocycles. The van der Waals surface area contributed by atoms with Crippen LogP contribution in [0.25, 0.3) is 0 Å². The minimum atomic E-state index is -1.65. The van der Waals surface area contributed by atoms with Crippen molar-refractivity contribution in [2.75, 3.05) is 47.5 Å². The number of ether oxygens (including phenoxy) is 4. The minimum absolute atomic E-state index is 0.0479. The van der Waals surface area contributed by atoms with Crippen LogP contribution >= 0.6 is 0 Å². The number of allylic oxidation sites excluding steroid dienone is 21. The number of rotatable bonds is 42. The van der Waals surface area contributed by atoms with Gasteiger partial charge in [-0.05, 0) is 89.9 Å². The number of esters is 2. The predicted octanol–water partition coefficient (Wildman–Crippen LogP) is 12.2. The molecule has 0 saturated heterocycles. The van der Waals surface area contributed by atoms with E-state index in [4.69, 9.17) is 18.9 Å². The topological polar surface area (TPSA) is 111 Å². The normalized spacial score (nSPS) is 14.0. The third-order valence-corrected chi connectivity index (χ3v) is 9.43. The molecular weight excluding hydrogens is 815 g/mol. The standard InChI is InChI=1S/C56H87NO8/c1-6-8-10-12-14-16-18-20-22-23-24-25-26-27-28-29-30-31-33-35-37-39-41-43-45-47-54(59)65-52(51-64-56(55(60)61)62-49-48-57(3,4)5)50-63-53(58)46-44-42-40-38-36-34-32-21-19-17-15-13-11-9-7-2/h8-11,14-17,20-22,24-25,27-28,30-32,36,38,42,44,52,56H,6-7,12-13,18-19,23,26,29,33-35,37,39-41,43,45-51H2,1-5H3/b10-8-,11-9-,16-14-,17-15-,22-20-,25-24-,28-27-,31-30-,32-21-,38-36-,44-42-. The number of carbonyl (C=O) groups is 3. The van der Waals surface area contributed by atoms with Crippen LogP contribution in [0.2, 0.25) is 0 Å². The van der Waals surface area contributed by atoms with Crippen molar-refractivity contribution in [2.24, 2.45) is 0 Å². The summed E-state index contributed by atoms with van der Waals surface area (Å²) in [6.45, 7) is 4.34. The fourth-order valence-electron chi connectivity index (χ4n) is 5.73. The summed E-state index contributed by atoms with van der Waals surface area (Å²) >= 11 is 0. The molecule has 0 amide bonds. The Labute approximate surface area is 395 Å². The van der Waals surface area contributed by atoms with E-state index in [0.29, 0.717) is 23.9 Å². The molecule has 0 N–H and O–H groups in total. The van der Waals surface area contributed by atoms with Gasteiger partial charge in [-0.3, -0.25) is 9.59 Å². The number of aliphatic carboxylic acids is 1. The average Bonchev–Trinajstić information content (AvgIpc) is 3.27. The van der Waals surface area contributed by atoms with Gasteiger partial charge in [-0.15, -0.1) is 0 Å². The minimum Gasteiger partial charge on any atom is -0.545 e. The van der Waals surface area contributed by atoms with Gasteiger partial charge in [0.05, 0.1) is 46.7 Å². The molecule has 364 valence electrons. The summed E-state index contributed by atoms with van der Waals surface area (Å²) in [7, 11) is 5.87. The molecule has 0 aliphatic heterocycles. The van der Waals surface area contributed by atoms with Crippen LogP contribution in [0.5, 0.6) is 0 Å². The van der Waals surface area contributed by atoms with Crippen molar-refractivity contribution in [3.8, 4) is 0 Å². The van der Waals surface area contributed by atoms with Crippen molar-refractivity contribution in [3.63, 3.8) is 0 Å². The highest BCUT2D eigenvalue weighted by Crippen LogP contribution is 2.11. The molecule has 9 nitrogen and oxygen atoms in total. The van der Waals surface area contributed by atoms with E-state index in [1.807, 2.05) is 33.3 Å². The van der Waals surface area contributed by atoms with Gasteiger partial charge in [0.2, 0.25) is 0 Å². The highest BCUT2D eigenvalue weighted by atomic mass is 16.7. The summed E-state index contributed by atoms with van der Waals surface area (Å²) < 4.78 is 22.4. The van der Waals surface area contributed by atoms with Gasteiger partial charge >= 0.3 is 11.9 Å². The van der Waals surface area contributed by atoms with Crippen LogP contribution in [0.3, 0.4) is 0 Å². The van der Waals surface area contributed by atoms with Crippen LogP contribution in [-0.4, -0.2) is 82.3 Å². The third-order valence-electron chi connectivity index (χ3n) is 9.43. The molecule has 0 spiro atoms. The first-order valence-electron chi connectivity index (χ1n) is 24.3. The Balaban J connectivity index is 4.52. The molecule has 0 heterocycles. The molecule has 9 heteroatoms. The maximum Gasteiger partial charge on any atom is 0.309 e. The van der Waals surface area contributed by atoms with Crippen molar-refractivity contribution in [1.29, 1.82) is 0 Å². The Morgan fingerprint density at radius 3 is 1.31 bits per heavy atom. The van der Waals surface area contributed by atoms with Crippen LogP contribution in [0.4, 0.5) is 0 Å². The molecule has 0 aromatic heterocycles. The molecule has 65 heavy (non-hydrogen) atoms. The molecule has 0 saturated carbocycles. The fraction of sp³-hybridized carbons (Fsp3) is 0.554. The lowest BCUT2D eigenvalue weighted by Crippen LogP contribution is -2.44. The van der Waals surface area contributed by atoms with Gasteiger partial charge in [0, 0.05) is 6.42 Å². The molecule has 0 fully saturated rings. The van der Waals surface area contributed by atoms with Crippen LogP contribution in [-0.2, 0) is 33.3 Å². The Bertz CT molecular complexity index is 1520. The molecule has 0 rings (SSSR count). The first-order chi connectivity index (χ1) is 31.6. The first kappa shape index (κ1) is 60.4. The second kappa shape index (κ2) is 46.0. The number of carboxylic acids is 1. The van der Waals surface area contributed by atoms with Crippen LogP contribution in [0.1, 0.15) is 142 Å². The lowest BCUT2D eigenvalue weighted by Gasteiger charge is -2.26. The quantitative estimate of drug-likeness (QED) is 0.0196. The zero-order valence-corrected chi connectivity index (χ0v) is 41.0. The van der Waals surface area contributed by atoms with Gasteiger partial charge in [0.25, 0.3) is 0 Å². The molecular formula is C56H87NO8. The molecule has 0 radical (unpaired) electrons. The van der Waals surface area contributed by atoms with E-state index in [1.165, 1.54) is 0 Å². The lowest BCUT2D eigenvalue weighted by atomic mass is 10.1. The Morgan fingerprint density at radius 1 is 0.477 bits per heavy atom. The Morgan fingerprint density at radius 2 is 0.877 bits per heavy atom. The van der Waals surface area contributed by atoms with E-state index in [0.717, 1.165) is 103 Å². The van der Waals surface area contributed by atoms with E-state index in [9.17, 15) is 19.5 Å². The van der Waals surface area contributed by atoms with Gasteiger partial charge in [0.15, 0.2) is 12.4 Å². The molecule has 0 bridgehead atoms. The number of unbranched alkanes of at least 4 members (excludes halogenated alkanes) is 6. The number of hydrogen-bond acceptors (Lipinski definition) is 8. The van der Waals surface area contributed by atoms with Crippen LogP contribution in [0.15, 0.2) is 134 Å². The van der Waals surface area contributed by atoms with Crippen molar-refractivity contribution in [3.05, 3.63) is 134 Å². The summed E-state index contributed by atoms with van der Waals surface area (Å²) in [4.78, 5) is 37.0. The van der Waals surface area contributed by atoms with Crippen molar-refractivity contribution in [1.82, 2.24) is 0 Å². The van der Waals surface area contributed by atoms with E-state index in [2.05, 4.69) is 129 Å². The molecule has 0 aromatic carbocycles. The van der Waals surface area contributed by atoms with Crippen LogP contribution < -0.4 is 5.11 Å². The van der Waals surface area contributed by atoms with Gasteiger partial charge in [-0.25, -0.2) is 0 Å². The van der Waals surface area contributed by atoms with E-state index >= 15 is 0 Å². The zero-order chi connectivity index (χ0) is 47.7. The highest BCUT2D eigenvalue weighted by molar-refractivity contribution is 5.71. The van der Waals surface area contributed by atoms with E-state index < -0.39 is 30.3 Å². The summed E-state index contributed by atoms with van der Waals surface area (Å²) in [6.07, 6.45) is 62.3. The van der Waals surface area contributed by atoms with Gasteiger partial charge in [-0.1, -0.05) is 173 Å². The van der Waals surface area contributed by atoms with E-state index in [-0.39, 0.29) is 32.7 Å².